The van der Waals surface area contributed by atoms with Gasteiger partial charge in [-0.25, -0.2) is 4.98 Å². The Morgan fingerprint density at radius 3 is 1.62 bits per heavy atom. The summed E-state index contributed by atoms with van der Waals surface area (Å²) in [7, 11) is 0. The van der Waals surface area contributed by atoms with Crippen LogP contribution in [0.2, 0.25) is 0 Å². The van der Waals surface area contributed by atoms with E-state index in [0.29, 0.717) is 0 Å². The number of benzene rings is 7. The van der Waals surface area contributed by atoms with E-state index in [1.807, 2.05) is 11.3 Å². The molecule has 0 radical (unpaired) electrons. The molecule has 3 aromatic heterocycles. The van der Waals surface area contributed by atoms with Crippen molar-refractivity contribution in [2.75, 3.05) is 0 Å². The number of fused-ring (bicyclic) bond motifs is 7. The van der Waals surface area contributed by atoms with E-state index < -0.39 is 0 Å². The first-order valence-electron chi connectivity index (χ1n) is 17.0. The van der Waals surface area contributed by atoms with Crippen LogP contribution in [-0.2, 0) is 0 Å². The predicted molar refractivity (Wildman–Crippen MR) is 213 cm³/mol. The first kappa shape index (κ1) is 28.7. The molecule has 0 fully saturated rings. The highest BCUT2D eigenvalue weighted by atomic mass is 32.1. The zero-order chi connectivity index (χ0) is 33.0. The molecule has 0 N–H and O–H groups in total. The molecule has 234 valence electrons. The summed E-state index contributed by atoms with van der Waals surface area (Å²) in [5, 5.41) is 5.14. The first-order valence-corrected chi connectivity index (χ1v) is 17.8. The zero-order valence-electron chi connectivity index (χ0n) is 27.1. The van der Waals surface area contributed by atoms with Gasteiger partial charge in [0.05, 0.1) is 22.4 Å². The van der Waals surface area contributed by atoms with Crippen LogP contribution < -0.4 is 0 Å². The monoisotopic (exact) mass is 654 g/mol. The van der Waals surface area contributed by atoms with Crippen molar-refractivity contribution >= 4 is 53.3 Å². The van der Waals surface area contributed by atoms with Gasteiger partial charge in [0.2, 0.25) is 0 Å². The molecule has 10 aromatic rings. The molecule has 0 aliphatic carbocycles. The van der Waals surface area contributed by atoms with Gasteiger partial charge in [0, 0.05) is 47.8 Å². The average Bonchev–Trinajstić information content (AvgIpc) is 3.74. The number of para-hydroxylation sites is 1. The SMILES string of the molecule is c1ccc(-c2ccc3c4c5sc6c(-c7cc(-c8ccccc8)nc(-c8ccccc8)c7)cccc6c5ccc4n(-c4ccccc4)c3c2)cc1. The summed E-state index contributed by atoms with van der Waals surface area (Å²) in [5.74, 6) is 0. The molecular weight excluding hydrogens is 625 g/mol. The largest absolute Gasteiger partial charge is 0.309 e. The summed E-state index contributed by atoms with van der Waals surface area (Å²) in [4.78, 5) is 5.16. The van der Waals surface area contributed by atoms with Crippen LogP contribution in [0.1, 0.15) is 0 Å². The molecule has 0 aliphatic rings. The molecule has 0 atom stereocenters. The molecule has 0 spiro atoms. The van der Waals surface area contributed by atoms with Crippen LogP contribution in [0.15, 0.2) is 182 Å². The van der Waals surface area contributed by atoms with Crippen LogP contribution in [0.25, 0.3) is 92.4 Å². The molecular formula is C47H30N2S. The average molecular weight is 655 g/mol. The third-order valence-electron chi connectivity index (χ3n) is 9.79. The quantitative estimate of drug-likeness (QED) is 0.181. The lowest BCUT2D eigenvalue weighted by atomic mass is 9.98. The van der Waals surface area contributed by atoms with Gasteiger partial charge >= 0.3 is 0 Å². The number of rotatable bonds is 5. The van der Waals surface area contributed by atoms with E-state index in [-0.39, 0.29) is 0 Å². The van der Waals surface area contributed by atoms with E-state index in [1.165, 1.54) is 64.2 Å². The van der Waals surface area contributed by atoms with Crippen LogP contribution >= 0.6 is 11.3 Å². The number of aromatic nitrogens is 2. The third kappa shape index (κ3) is 4.67. The number of hydrogen-bond acceptors (Lipinski definition) is 2. The summed E-state index contributed by atoms with van der Waals surface area (Å²) < 4.78 is 5.04. The molecule has 3 heterocycles. The Morgan fingerprint density at radius 1 is 0.380 bits per heavy atom. The highest BCUT2D eigenvalue weighted by Crippen LogP contribution is 2.47. The fraction of sp³-hybridized carbons (Fsp3) is 0. The van der Waals surface area contributed by atoms with E-state index in [2.05, 4.69) is 187 Å². The van der Waals surface area contributed by atoms with Gasteiger partial charge in [0.25, 0.3) is 0 Å². The zero-order valence-corrected chi connectivity index (χ0v) is 27.9. The topological polar surface area (TPSA) is 17.8 Å². The van der Waals surface area contributed by atoms with E-state index in [1.54, 1.807) is 0 Å². The van der Waals surface area contributed by atoms with Crippen molar-refractivity contribution in [1.29, 1.82) is 0 Å². The number of nitrogens with zero attached hydrogens (tertiary/aromatic N) is 2. The Morgan fingerprint density at radius 2 is 0.960 bits per heavy atom. The molecule has 0 amide bonds. The summed E-state index contributed by atoms with van der Waals surface area (Å²) in [5.41, 5.74) is 12.6. The standard InChI is InChI=1S/C47H30N2S/c1-5-14-31(15-6-1)34-24-25-40-44(30-34)49(36-20-11-4-12-21-36)43-27-26-39-38-23-13-22-37(46(38)50-47(39)45(40)43)35-28-41(32-16-7-2-8-17-32)48-42(29-35)33-18-9-3-10-19-33/h1-30H. The fourth-order valence-corrected chi connectivity index (χ4v) is 8.84. The van der Waals surface area contributed by atoms with Crippen LogP contribution in [0.4, 0.5) is 0 Å². The number of hydrogen-bond donors (Lipinski definition) is 0. The summed E-state index contributed by atoms with van der Waals surface area (Å²) >= 11 is 1.91. The third-order valence-corrected chi connectivity index (χ3v) is 11.1. The Hall–Kier alpha value is -6.29. The van der Waals surface area contributed by atoms with Gasteiger partial charge in [0.1, 0.15) is 0 Å². The lowest BCUT2D eigenvalue weighted by Gasteiger charge is -2.11. The Labute approximate surface area is 294 Å². The number of pyridine rings is 1. The molecule has 0 saturated heterocycles. The minimum Gasteiger partial charge on any atom is -0.309 e. The van der Waals surface area contributed by atoms with Crippen molar-refractivity contribution in [2.24, 2.45) is 0 Å². The van der Waals surface area contributed by atoms with Crippen molar-refractivity contribution in [1.82, 2.24) is 9.55 Å². The maximum absolute atomic E-state index is 5.16. The smallest absolute Gasteiger partial charge is 0.0715 e. The van der Waals surface area contributed by atoms with Gasteiger partial charge in [-0.2, -0.15) is 0 Å². The van der Waals surface area contributed by atoms with Gasteiger partial charge < -0.3 is 4.57 Å². The second-order valence-electron chi connectivity index (χ2n) is 12.7. The van der Waals surface area contributed by atoms with Crippen LogP contribution in [-0.4, -0.2) is 9.55 Å². The van der Waals surface area contributed by atoms with Gasteiger partial charge in [-0.05, 0) is 58.7 Å². The second-order valence-corrected chi connectivity index (χ2v) is 13.8. The van der Waals surface area contributed by atoms with E-state index in [4.69, 9.17) is 4.98 Å². The minimum absolute atomic E-state index is 0.975. The van der Waals surface area contributed by atoms with Crippen LogP contribution in [0.5, 0.6) is 0 Å². The normalized spacial score (nSPS) is 11.6. The highest BCUT2D eigenvalue weighted by molar-refractivity contribution is 7.27. The van der Waals surface area contributed by atoms with Crippen molar-refractivity contribution in [3.05, 3.63) is 182 Å². The van der Waals surface area contributed by atoms with Crippen molar-refractivity contribution < 1.29 is 0 Å². The van der Waals surface area contributed by atoms with Gasteiger partial charge in [-0.1, -0.05) is 146 Å². The van der Waals surface area contributed by atoms with Gasteiger partial charge in [0.15, 0.2) is 0 Å². The second kappa shape index (κ2) is 11.7. The maximum atomic E-state index is 5.16. The molecule has 0 saturated carbocycles. The van der Waals surface area contributed by atoms with E-state index in [9.17, 15) is 0 Å². The summed E-state index contributed by atoms with van der Waals surface area (Å²) in [6.07, 6.45) is 0. The minimum atomic E-state index is 0.975. The van der Waals surface area contributed by atoms with Crippen molar-refractivity contribution in [3.8, 4) is 50.5 Å². The lowest BCUT2D eigenvalue weighted by molar-refractivity contribution is 1.18. The van der Waals surface area contributed by atoms with Crippen molar-refractivity contribution in [2.45, 2.75) is 0 Å². The molecule has 0 aliphatic heterocycles. The molecule has 0 unspecified atom stereocenters. The molecule has 7 aromatic carbocycles. The summed E-state index contributed by atoms with van der Waals surface area (Å²) in [6.45, 7) is 0. The fourth-order valence-electron chi connectivity index (χ4n) is 7.45. The summed E-state index contributed by atoms with van der Waals surface area (Å²) in [6, 6.07) is 65.3. The molecule has 50 heavy (non-hydrogen) atoms. The molecule has 2 nitrogen and oxygen atoms in total. The number of thiophene rings is 1. The Kier molecular flexibility index (Phi) is 6.71. The van der Waals surface area contributed by atoms with Crippen LogP contribution in [0, 0.1) is 0 Å². The Balaban J connectivity index is 1.25. The highest BCUT2D eigenvalue weighted by Gasteiger charge is 2.20. The first-order chi connectivity index (χ1) is 24.8. The lowest BCUT2D eigenvalue weighted by Crippen LogP contribution is -1.93. The van der Waals surface area contributed by atoms with Crippen LogP contribution in [0.3, 0.4) is 0 Å². The molecule has 3 heteroatoms. The van der Waals surface area contributed by atoms with E-state index in [0.717, 1.165) is 28.2 Å². The van der Waals surface area contributed by atoms with E-state index >= 15 is 0 Å². The molecule has 0 bridgehead atoms. The van der Waals surface area contributed by atoms with Gasteiger partial charge in [-0.15, -0.1) is 11.3 Å². The predicted octanol–water partition coefficient (Wildman–Crippen LogP) is 13.2. The van der Waals surface area contributed by atoms with Crippen molar-refractivity contribution in [3.63, 3.8) is 0 Å². The maximum Gasteiger partial charge on any atom is 0.0715 e. The Bertz CT molecular complexity index is 2780. The van der Waals surface area contributed by atoms with Gasteiger partial charge in [-0.3, -0.25) is 0 Å². The molecule has 10 rings (SSSR count).